The maximum atomic E-state index is 13.0. The fourth-order valence-corrected chi connectivity index (χ4v) is 2.41. The van der Waals surface area contributed by atoms with Crippen molar-refractivity contribution in [3.8, 4) is 0 Å². The van der Waals surface area contributed by atoms with Gasteiger partial charge in [0.05, 0.1) is 19.9 Å². The first-order valence-electron chi connectivity index (χ1n) is 7.42. The van der Waals surface area contributed by atoms with E-state index in [1.54, 1.807) is 6.07 Å². The van der Waals surface area contributed by atoms with Crippen LogP contribution < -0.4 is 0 Å². The largest absolute Gasteiger partial charge is 0.352 e. The molecule has 1 fully saturated rings. The normalized spacial score (nSPS) is 22.4. The minimum absolute atomic E-state index is 0.161. The number of hydrogen-bond donors (Lipinski definition) is 0. The summed E-state index contributed by atoms with van der Waals surface area (Å²) < 4.78 is 49.1. The highest BCUT2D eigenvalue weighted by molar-refractivity contribution is 5.17. The molecule has 2 rings (SSSR count). The standard InChI is InChI=1S/C16H21F3O2/c17-8-7-13-10-20-16(21-11-13)4-2-1-3-12-5-6-14(18)15(19)9-12/h5-6,9,13,16H,1-4,7-8,10-11H2. The van der Waals surface area contributed by atoms with Gasteiger partial charge < -0.3 is 9.47 Å². The van der Waals surface area contributed by atoms with E-state index in [9.17, 15) is 13.2 Å². The van der Waals surface area contributed by atoms with Crippen molar-refractivity contribution in [1.29, 1.82) is 0 Å². The summed E-state index contributed by atoms with van der Waals surface area (Å²) in [5.74, 6) is -1.45. The van der Waals surface area contributed by atoms with Gasteiger partial charge in [-0.05, 0) is 49.8 Å². The zero-order chi connectivity index (χ0) is 15.1. The Bertz CT molecular complexity index is 432. The van der Waals surface area contributed by atoms with Crippen molar-refractivity contribution in [2.24, 2.45) is 5.92 Å². The molecule has 1 heterocycles. The molecule has 0 aliphatic carbocycles. The van der Waals surface area contributed by atoms with Crippen LogP contribution in [-0.2, 0) is 15.9 Å². The SMILES string of the molecule is FCCC1COC(CCCCc2ccc(F)c(F)c2)OC1. The second-order valence-corrected chi connectivity index (χ2v) is 5.43. The molecule has 1 saturated heterocycles. The predicted molar refractivity (Wildman–Crippen MR) is 73.7 cm³/mol. The number of halogens is 3. The molecule has 1 aliphatic heterocycles. The van der Waals surface area contributed by atoms with E-state index in [1.165, 1.54) is 6.07 Å². The van der Waals surface area contributed by atoms with Gasteiger partial charge in [0.15, 0.2) is 17.9 Å². The molecule has 1 aromatic carbocycles. The van der Waals surface area contributed by atoms with Crippen LogP contribution in [0.4, 0.5) is 13.2 Å². The van der Waals surface area contributed by atoms with E-state index in [0.29, 0.717) is 26.1 Å². The zero-order valence-corrected chi connectivity index (χ0v) is 12.0. The van der Waals surface area contributed by atoms with Crippen LogP contribution in [0.2, 0.25) is 0 Å². The molecule has 0 atom stereocenters. The third-order valence-corrected chi connectivity index (χ3v) is 3.69. The van der Waals surface area contributed by atoms with Gasteiger partial charge in [0.2, 0.25) is 0 Å². The van der Waals surface area contributed by atoms with E-state index in [2.05, 4.69) is 0 Å². The van der Waals surface area contributed by atoms with E-state index in [1.807, 2.05) is 0 Å². The lowest BCUT2D eigenvalue weighted by atomic mass is 10.1. The first-order valence-corrected chi connectivity index (χ1v) is 7.42. The highest BCUT2D eigenvalue weighted by atomic mass is 19.2. The number of rotatable bonds is 7. The Labute approximate surface area is 123 Å². The number of alkyl halides is 1. The maximum Gasteiger partial charge on any atom is 0.159 e. The number of ether oxygens (including phenoxy) is 2. The lowest BCUT2D eigenvalue weighted by Crippen LogP contribution is -2.32. The molecule has 0 spiro atoms. The third kappa shape index (κ3) is 5.32. The summed E-state index contributed by atoms with van der Waals surface area (Å²) in [6.45, 7) is 0.770. The average molecular weight is 302 g/mol. The minimum Gasteiger partial charge on any atom is -0.352 e. The monoisotopic (exact) mass is 302 g/mol. The van der Waals surface area contributed by atoms with Crippen LogP contribution >= 0.6 is 0 Å². The van der Waals surface area contributed by atoms with Crippen LogP contribution in [0.3, 0.4) is 0 Å². The molecule has 5 heteroatoms. The Kier molecular flexibility index (Phi) is 6.51. The van der Waals surface area contributed by atoms with Gasteiger partial charge in [-0.2, -0.15) is 0 Å². The van der Waals surface area contributed by atoms with E-state index >= 15 is 0 Å². The van der Waals surface area contributed by atoms with E-state index in [4.69, 9.17) is 9.47 Å². The van der Waals surface area contributed by atoms with Gasteiger partial charge in [0.25, 0.3) is 0 Å². The molecule has 21 heavy (non-hydrogen) atoms. The molecular weight excluding hydrogens is 281 g/mol. The van der Waals surface area contributed by atoms with Gasteiger partial charge in [-0.25, -0.2) is 8.78 Å². The maximum absolute atomic E-state index is 13.0. The molecule has 1 aliphatic rings. The smallest absolute Gasteiger partial charge is 0.159 e. The van der Waals surface area contributed by atoms with Crippen molar-refractivity contribution in [2.75, 3.05) is 19.9 Å². The van der Waals surface area contributed by atoms with Crippen molar-refractivity contribution in [2.45, 2.75) is 38.4 Å². The van der Waals surface area contributed by atoms with Gasteiger partial charge in [0, 0.05) is 5.92 Å². The predicted octanol–water partition coefficient (Wildman–Crippen LogP) is 4.03. The fourth-order valence-electron chi connectivity index (χ4n) is 2.41. The van der Waals surface area contributed by atoms with Crippen molar-refractivity contribution < 1.29 is 22.6 Å². The van der Waals surface area contributed by atoms with Crippen molar-refractivity contribution in [3.05, 3.63) is 35.4 Å². The molecule has 0 unspecified atom stereocenters. The Balaban J connectivity index is 1.61. The molecule has 0 aromatic heterocycles. The zero-order valence-electron chi connectivity index (χ0n) is 12.0. The molecular formula is C16H21F3O2. The van der Waals surface area contributed by atoms with Crippen LogP contribution in [0.1, 0.15) is 31.2 Å². The summed E-state index contributed by atoms with van der Waals surface area (Å²) in [4.78, 5) is 0. The Morgan fingerprint density at radius 1 is 1.00 bits per heavy atom. The molecule has 118 valence electrons. The summed E-state index contributed by atoms with van der Waals surface area (Å²) in [7, 11) is 0. The Hall–Kier alpha value is -1.07. The van der Waals surface area contributed by atoms with Gasteiger partial charge >= 0.3 is 0 Å². The van der Waals surface area contributed by atoms with Crippen LogP contribution in [0, 0.1) is 17.6 Å². The lowest BCUT2D eigenvalue weighted by Gasteiger charge is -2.29. The minimum atomic E-state index is -0.814. The lowest BCUT2D eigenvalue weighted by molar-refractivity contribution is -0.204. The summed E-state index contributed by atoms with van der Waals surface area (Å²) in [6, 6.07) is 4.00. The summed E-state index contributed by atoms with van der Waals surface area (Å²) in [5.41, 5.74) is 0.794. The molecule has 0 amide bonds. The summed E-state index contributed by atoms with van der Waals surface area (Å²) >= 11 is 0. The van der Waals surface area contributed by atoms with Gasteiger partial charge in [-0.3, -0.25) is 4.39 Å². The number of aryl methyl sites for hydroxylation is 1. The van der Waals surface area contributed by atoms with E-state index < -0.39 is 11.6 Å². The quantitative estimate of drug-likeness (QED) is 0.708. The van der Waals surface area contributed by atoms with Gasteiger partial charge in [0.1, 0.15) is 0 Å². The van der Waals surface area contributed by atoms with Crippen LogP contribution in [0.15, 0.2) is 18.2 Å². The highest BCUT2D eigenvalue weighted by Gasteiger charge is 2.21. The Morgan fingerprint density at radius 3 is 2.43 bits per heavy atom. The summed E-state index contributed by atoms with van der Waals surface area (Å²) in [6.07, 6.45) is 3.49. The van der Waals surface area contributed by atoms with E-state index in [0.717, 1.165) is 30.9 Å². The topological polar surface area (TPSA) is 18.5 Å². The van der Waals surface area contributed by atoms with Crippen LogP contribution in [0.25, 0.3) is 0 Å². The van der Waals surface area contributed by atoms with E-state index in [-0.39, 0.29) is 18.9 Å². The second-order valence-electron chi connectivity index (χ2n) is 5.43. The molecule has 1 aromatic rings. The number of hydrogen-bond acceptors (Lipinski definition) is 2. The number of unbranched alkanes of at least 4 members (excludes halogenated alkanes) is 1. The van der Waals surface area contributed by atoms with Crippen LogP contribution in [0.5, 0.6) is 0 Å². The summed E-state index contributed by atoms with van der Waals surface area (Å²) in [5, 5.41) is 0. The average Bonchev–Trinajstić information content (AvgIpc) is 2.49. The first-order chi connectivity index (χ1) is 10.2. The fraction of sp³-hybridized carbons (Fsp3) is 0.625. The Morgan fingerprint density at radius 2 is 1.76 bits per heavy atom. The molecule has 0 saturated carbocycles. The molecule has 2 nitrogen and oxygen atoms in total. The van der Waals surface area contributed by atoms with Gasteiger partial charge in [-0.15, -0.1) is 0 Å². The second kappa shape index (κ2) is 8.39. The molecule has 0 radical (unpaired) electrons. The third-order valence-electron chi connectivity index (χ3n) is 3.69. The van der Waals surface area contributed by atoms with Crippen LogP contribution in [-0.4, -0.2) is 26.2 Å². The van der Waals surface area contributed by atoms with Crippen molar-refractivity contribution in [3.63, 3.8) is 0 Å². The van der Waals surface area contributed by atoms with Crippen molar-refractivity contribution in [1.82, 2.24) is 0 Å². The van der Waals surface area contributed by atoms with Crippen molar-refractivity contribution >= 4 is 0 Å². The number of benzene rings is 1. The highest BCUT2D eigenvalue weighted by Crippen LogP contribution is 2.19. The van der Waals surface area contributed by atoms with Gasteiger partial charge in [-0.1, -0.05) is 6.07 Å². The molecule has 0 bridgehead atoms. The first kappa shape index (κ1) is 16.3. The molecule has 0 N–H and O–H groups in total.